The molecule has 0 spiro atoms. The van der Waals surface area contributed by atoms with E-state index < -0.39 is 5.97 Å². The van der Waals surface area contributed by atoms with Gasteiger partial charge in [-0.3, -0.25) is 4.79 Å². The van der Waals surface area contributed by atoms with Crippen LogP contribution in [0.5, 0.6) is 0 Å². The molecule has 0 aromatic heterocycles. The summed E-state index contributed by atoms with van der Waals surface area (Å²) in [5.74, 6) is -0.736. The zero-order chi connectivity index (χ0) is 11.3. The van der Waals surface area contributed by atoms with Gasteiger partial charge < -0.3 is 9.84 Å². The summed E-state index contributed by atoms with van der Waals surface area (Å²) in [4.78, 5) is 10.5. The van der Waals surface area contributed by atoms with E-state index in [2.05, 4.69) is 16.9 Å². The molecule has 88 valence electrons. The molecule has 1 rings (SSSR count). The summed E-state index contributed by atoms with van der Waals surface area (Å²) in [7, 11) is 2.03. The summed E-state index contributed by atoms with van der Waals surface area (Å²) in [5, 5.41) is 13.0. The molecule has 1 unspecified atom stereocenters. The second-order valence-electron chi connectivity index (χ2n) is 3.80. The highest BCUT2D eigenvalue weighted by Gasteiger charge is 2.25. The topological polar surface area (TPSA) is 53.0 Å². The molecular weight excluding hydrogens is 196 g/mol. The first-order valence-electron chi connectivity index (χ1n) is 5.42. The fraction of sp³-hybridized carbons (Fsp3) is 0.900. The Morgan fingerprint density at radius 1 is 1.67 bits per heavy atom. The summed E-state index contributed by atoms with van der Waals surface area (Å²) in [6, 6.07) is 0.208. The maximum Gasteiger partial charge on any atom is 0.303 e. The van der Waals surface area contributed by atoms with Gasteiger partial charge in [0.25, 0.3) is 0 Å². The van der Waals surface area contributed by atoms with Crippen LogP contribution in [0.2, 0.25) is 0 Å². The molecule has 1 saturated heterocycles. The van der Waals surface area contributed by atoms with Crippen LogP contribution in [-0.4, -0.2) is 60.5 Å². The average Bonchev–Trinajstić information content (AvgIpc) is 2.25. The van der Waals surface area contributed by atoms with Crippen LogP contribution in [0.25, 0.3) is 0 Å². The molecule has 0 radical (unpaired) electrons. The molecule has 1 atom stereocenters. The lowest BCUT2D eigenvalue weighted by Crippen LogP contribution is -2.53. The van der Waals surface area contributed by atoms with Crippen LogP contribution in [0, 0.1) is 0 Å². The van der Waals surface area contributed by atoms with Crippen molar-refractivity contribution in [3.05, 3.63) is 0 Å². The molecule has 0 amide bonds. The Morgan fingerprint density at radius 2 is 2.40 bits per heavy atom. The highest BCUT2D eigenvalue weighted by Crippen LogP contribution is 2.13. The third kappa shape index (κ3) is 3.77. The Bertz CT molecular complexity index is 211. The second kappa shape index (κ2) is 6.05. The van der Waals surface area contributed by atoms with Crippen molar-refractivity contribution >= 4 is 5.97 Å². The van der Waals surface area contributed by atoms with Crippen LogP contribution in [0.15, 0.2) is 0 Å². The van der Waals surface area contributed by atoms with Crippen LogP contribution in [0.4, 0.5) is 0 Å². The number of hydrogen-bond acceptors (Lipinski definition) is 4. The van der Waals surface area contributed by atoms with Crippen LogP contribution in [0.3, 0.4) is 0 Å². The Labute approximate surface area is 90.6 Å². The maximum atomic E-state index is 10.5. The minimum Gasteiger partial charge on any atom is -0.481 e. The number of aliphatic carboxylic acids is 1. The van der Waals surface area contributed by atoms with Gasteiger partial charge in [0.2, 0.25) is 0 Å². The van der Waals surface area contributed by atoms with Crippen molar-refractivity contribution in [2.75, 3.05) is 33.4 Å². The molecule has 5 nitrogen and oxygen atoms in total. The first-order valence-corrected chi connectivity index (χ1v) is 5.42. The third-order valence-electron chi connectivity index (χ3n) is 2.78. The molecule has 0 bridgehead atoms. The molecular formula is C10H20N2O3. The number of morpholine rings is 1. The van der Waals surface area contributed by atoms with Gasteiger partial charge >= 0.3 is 5.97 Å². The van der Waals surface area contributed by atoms with Gasteiger partial charge in [0.05, 0.1) is 13.2 Å². The van der Waals surface area contributed by atoms with Crippen LogP contribution < -0.4 is 0 Å². The standard InChI is InChI=1S/C10H20N2O3/c1-3-11(2)12-6-7-15-8-9(12)4-5-10(13)14/h9H,3-8H2,1-2H3,(H,13,14). The summed E-state index contributed by atoms with van der Waals surface area (Å²) < 4.78 is 5.38. The lowest BCUT2D eigenvalue weighted by molar-refractivity contribution is -0.140. The Kier molecular flexibility index (Phi) is 5.01. The summed E-state index contributed by atoms with van der Waals surface area (Å²) in [6.07, 6.45) is 0.863. The van der Waals surface area contributed by atoms with Gasteiger partial charge in [0, 0.05) is 32.6 Å². The predicted molar refractivity (Wildman–Crippen MR) is 56.5 cm³/mol. The van der Waals surface area contributed by atoms with E-state index in [0.717, 1.165) is 19.7 Å². The zero-order valence-corrected chi connectivity index (χ0v) is 9.48. The van der Waals surface area contributed by atoms with Gasteiger partial charge in [-0.2, -0.15) is 0 Å². The summed E-state index contributed by atoms with van der Waals surface area (Å²) in [6.45, 7) is 5.24. The van der Waals surface area contributed by atoms with Gasteiger partial charge in [0.15, 0.2) is 0 Å². The number of ether oxygens (including phenoxy) is 1. The van der Waals surface area contributed by atoms with Gasteiger partial charge in [0.1, 0.15) is 0 Å². The van der Waals surface area contributed by atoms with Crippen molar-refractivity contribution in [1.29, 1.82) is 0 Å². The van der Waals surface area contributed by atoms with Gasteiger partial charge in [-0.25, -0.2) is 10.0 Å². The molecule has 1 fully saturated rings. The molecule has 1 heterocycles. The first kappa shape index (κ1) is 12.4. The monoisotopic (exact) mass is 216 g/mol. The van der Waals surface area contributed by atoms with E-state index in [0.29, 0.717) is 13.0 Å². The molecule has 1 N–H and O–H groups in total. The number of hydrogen-bond donors (Lipinski definition) is 1. The van der Waals surface area contributed by atoms with Crippen LogP contribution in [-0.2, 0) is 9.53 Å². The normalized spacial score (nSPS) is 23.3. The minimum atomic E-state index is -0.736. The van der Waals surface area contributed by atoms with Gasteiger partial charge in [-0.1, -0.05) is 6.92 Å². The smallest absolute Gasteiger partial charge is 0.303 e. The quantitative estimate of drug-likeness (QED) is 0.721. The molecule has 0 aliphatic carbocycles. The fourth-order valence-electron chi connectivity index (χ4n) is 1.80. The zero-order valence-electron chi connectivity index (χ0n) is 9.48. The number of nitrogens with zero attached hydrogens (tertiary/aromatic N) is 2. The number of rotatable bonds is 5. The molecule has 5 heteroatoms. The SMILES string of the molecule is CCN(C)N1CCOCC1CCC(=O)O. The van der Waals surface area contributed by atoms with Crippen molar-refractivity contribution in [2.45, 2.75) is 25.8 Å². The number of carboxylic acid groups (broad SMARTS) is 1. The third-order valence-corrected chi connectivity index (χ3v) is 2.78. The summed E-state index contributed by atoms with van der Waals surface area (Å²) in [5.41, 5.74) is 0. The Hall–Kier alpha value is -0.650. The minimum absolute atomic E-state index is 0.208. The fourth-order valence-corrected chi connectivity index (χ4v) is 1.80. The van der Waals surface area contributed by atoms with Crippen LogP contribution in [0.1, 0.15) is 19.8 Å². The van der Waals surface area contributed by atoms with Crippen molar-refractivity contribution in [3.63, 3.8) is 0 Å². The highest BCUT2D eigenvalue weighted by molar-refractivity contribution is 5.66. The molecule has 1 aliphatic rings. The number of carboxylic acids is 1. The van der Waals surface area contributed by atoms with E-state index in [1.54, 1.807) is 0 Å². The van der Waals surface area contributed by atoms with Crippen molar-refractivity contribution < 1.29 is 14.6 Å². The lowest BCUT2D eigenvalue weighted by atomic mass is 10.1. The van der Waals surface area contributed by atoms with E-state index in [1.807, 2.05) is 7.05 Å². The van der Waals surface area contributed by atoms with Crippen LogP contribution >= 0.6 is 0 Å². The highest BCUT2D eigenvalue weighted by atomic mass is 16.5. The van der Waals surface area contributed by atoms with E-state index in [9.17, 15) is 4.79 Å². The first-order chi connectivity index (χ1) is 7.15. The molecule has 0 saturated carbocycles. The Morgan fingerprint density at radius 3 is 3.00 bits per heavy atom. The molecule has 15 heavy (non-hydrogen) atoms. The van der Waals surface area contributed by atoms with Gasteiger partial charge in [-0.05, 0) is 6.42 Å². The van der Waals surface area contributed by atoms with E-state index in [1.165, 1.54) is 0 Å². The molecule has 1 aliphatic heterocycles. The van der Waals surface area contributed by atoms with E-state index in [4.69, 9.17) is 9.84 Å². The average molecular weight is 216 g/mol. The predicted octanol–water partition coefficient (Wildman–Crippen LogP) is 0.419. The van der Waals surface area contributed by atoms with E-state index >= 15 is 0 Å². The van der Waals surface area contributed by atoms with Crippen molar-refractivity contribution in [3.8, 4) is 0 Å². The van der Waals surface area contributed by atoms with Gasteiger partial charge in [-0.15, -0.1) is 0 Å². The van der Waals surface area contributed by atoms with Crippen molar-refractivity contribution in [1.82, 2.24) is 10.0 Å². The molecule has 0 aromatic rings. The number of carbonyl (C=O) groups is 1. The van der Waals surface area contributed by atoms with E-state index in [-0.39, 0.29) is 12.5 Å². The van der Waals surface area contributed by atoms with Crippen molar-refractivity contribution in [2.24, 2.45) is 0 Å². The second-order valence-corrected chi connectivity index (χ2v) is 3.80. The maximum absolute atomic E-state index is 10.5. The molecule has 0 aromatic carbocycles. The number of hydrazine groups is 1. The summed E-state index contributed by atoms with van der Waals surface area (Å²) >= 11 is 0. The lowest BCUT2D eigenvalue weighted by Gasteiger charge is -2.40. The Balaban J connectivity index is 2.45. The largest absolute Gasteiger partial charge is 0.481 e.